The quantitative estimate of drug-likeness (QED) is 0.822. The van der Waals surface area contributed by atoms with Gasteiger partial charge in [0, 0.05) is 6.54 Å². The normalized spacial score (nSPS) is 22.5. The van der Waals surface area contributed by atoms with Gasteiger partial charge in [-0.1, -0.05) is 12.1 Å². The molecule has 1 unspecified atom stereocenters. The van der Waals surface area contributed by atoms with Crippen molar-refractivity contribution < 1.29 is 5.11 Å². The smallest absolute Gasteiger partial charge is 0.108 e. The molecule has 1 atom stereocenters. The van der Waals surface area contributed by atoms with E-state index in [1.54, 1.807) is 0 Å². The van der Waals surface area contributed by atoms with Crippen molar-refractivity contribution in [2.45, 2.75) is 38.8 Å². The molecule has 1 aromatic heterocycles. The fourth-order valence-electron chi connectivity index (χ4n) is 2.33. The highest BCUT2D eigenvalue weighted by Crippen LogP contribution is 2.20. The van der Waals surface area contributed by atoms with Crippen molar-refractivity contribution in [3.05, 3.63) is 11.9 Å². The first kappa shape index (κ1) is 11.5. The number of rotatable bonds is 4. The molecule has 0 spiro atoms. The Morgan fingerprint density at radius 2 is 2.44 bits per heavy atom. The van der Waals surface area contributed by atoms with E-state index >= 15 is 0 Å². The zero-order valence-electron chi connectivity index (χ0n) is 9.84. The van der Waals surface area contributed by atoms with Crippen LogP contribution in [0, 0.1) is 0 Å². The Morgan fingerprint density at radius 3 is 3.12 bits per heavy atom. The van der Waals surface area contributed by atoms with E-state index in [0.717, 1.165) is 19.5 Å². The predicted molar refractivity (Wildman–Crippen MR) is 60.9 cm³/mol. The highest BCUT2D eigenvalue weighted by Gasteiger charge is 2.21. The largest absolute Gasteiger partial charge is 0.390 e. The van der Waals surface area contributed by atoms with E-state index in [2.05, 4.69) is 22.1 Å². The Labute approximate surface area is 96.1 Å². The Hall–Kier alpha value is -0.940. The maximum absolute atomic E-state index is 8.96. The van der Waals surface area contributed by atoms with Gasteiger partial charge >= 0.3 is 0 Å². The van der Waals surface area contributed by atoms with E-state index in [1.807, 2.05) is 10.9 Å². The van der Waals surface area contributed by atoms with Gasteiger partial charge in [-0.05, 0) is 32.4 Å². The molecule has 0 aromatic carbocycles. The summed E-state index contributed by atoms with van der Waals surface area (Å²) >= 11 is 0. The van der Waals surface area contributed by atoms with Crippen LogP contribution in [0.3, 0.4) is 0 Å². The van der Waals surface area contributed by atoms with Gasteiger partial charge in [0.05, 0.1) is 18.8 Å². The van der Waals surface area contributed by atoms with E-state index in [0.29, 0.717) is 11.7 Å². The molecule has 90 valence electrons. The average Bonchev–Trinajstić information content (AvgIpc) is 2.78. The lowest BCUT2D eigenvalue weighted by Crippen LogP contribution is -2.37. The molecule has 16 heavy (non-hydrogen) atoms. The van der Waals surface area contributed by atoms with Crippen LogP contribution in [0.1, 0.15) is 37.9 Å². The topological polar surface area (TPSA) is 54.2 Å². The number of nitrogens with zero attached hydrogens (tertiary/aromatic N) is 4. The second-order valence-corrected chi connectivity index (χ2v) is 4.44. The second-order valence-electron chi connectivity index (χ2n) is 4.44. The van der Waals surface area contributed by atoms with Crippen molar-refractivity contribution in [2.75, 3.05) is 19.6 Å². The molecule has 0 saturated carbocycles. The summed E-state index contributed by atoms with van der Waals surface area (Å²) in [6, 6.07) is 0.424. The van der Waals surface area contributed by atoms with Crippen LogP contribution in [-0.4, -0.2) is 44.6 Å². The number of aromatic nitrogens is 3. The molecule has 0 amide bonds. The third-order valence-corrected chi connectivity index (χ3v) is 3.11. The van der Waals surface area contributed by atoms with Crippen molar-refractivity contribution in [1.82, 2.24) is 19.9 Å². The molecular weight excluding hydrogens is 204 g/mol. The second kappa shape index (κ2) is 5.41. The van der Waals surface area contributed by atoms with Crippen LogP contribution in [0.5, 0.6) is 0 Å². The number of likely N-dealkylation sites (tertiary alicyclic amines) is 1. The van der Waals surface area contributed by atoms with Gasteiger partial charge in [-0.3, -0.25) is 0 Å². The van der Waals surface area contributed by atoms with E-state index in [1.165, 1.54) is 19.4 Å². The molecule has 5 heteroatoms. The van der Waals surface area contributed by atoms with Crippen LogP contribution in [0.2, 0.25) is 0 Å². The monoisotopic (exact) mass is 224 g/mol. The third-order valence-electron chi connectivity index (χ3n) is 3.11. The minimum Gasteiger partial charge on any atom is -0.390 e. The summed E-state index contributed by atoms with van der Waals surface area (Å²) in [5.74, 6) is 0. The van der Waals surface area contributed by atoms with Gasteiger partial charge in [0.25, 0.3) is 0 Å². The summed E-state index contributed by atoms with van der Waals surface area (Å²) in [5, 5.41) is 17.0. The summed E-state index contributed by atoms with van der Waals surface area (Å²) in [7, 11) is 0. The van der Waals surface area contributed by atoms with E-state index < -0.39 is 0 Å². The lowest BCUT2D eigenvalue weighted by molar-refractivity contribution is 0.169. The van der Waals surface area contributed by atoms with Gasteiger partial charge in [-0.25, -0.2) is 4.68 Å². The minimum absolute atomic E-state index is 0.0224. The van der Waals surface area contributed by atoms with Crippen LogP contribution >= 0.6 is 0 Å². The van der Waals surface area contributed by atoms with Crippen molar-refractivity contribution in [3.63, 3.8) is 0 Å². The molecule has 1 saturated heterocycles. The third kappa shape index (κ3) is 2.59. The highest BCUT2D eigenvalue weighted by atomic mass is 16.3. The lowest BCUT2D eigenvalue weighted by atomic mass is 10.1. The predicted octanol–water partition coefficient (Wildman–Crippen LogP) is 0.817. The van der Waals surface area contributed by atoms with Gasteiger partial charge in [-0.2, -0.15) is 0 Å². The van der Waals surface area contributed by atoms with E-state index in [-0.39, 0.29) is 6.61 Å². The maximum Gasteiger partial charge on any atom is 0.108 e. The first-order valence-electron chi connectivity index (χ1n) is 6.07. The Kier molecular flexibility index (Phi) is 3.90. The fourth-order valence-corrected chi connectivity index (χ4v) is 2.33. The van der Waals surface area contributed by atoms with Gasteiger partial charge in [0.15, 0.2) is 0 Å². The molecule has 1 N–H and O–H groups in total. The molecule has 1 aliphatic rings. The fraction of sp³-hybridized carbons (Fsp3) is 0.818. The number of hydrogen-bond donors (Lipinski definition) is 1. The Morgan fingerprint density at radius 1 is 1.56 bits per heavy atom. The van der Waals surface area contributed by atoms with Gasteiger partial charge in [0.1, 0.15) is 5.69 Å². The number of aliphatic hydroxyl groups is 1. The number of aliphatic hydroxyl groups excluding tert-OH is 1. The maximum atomic E-state index is 8.96. The summed E-state index contributed by atoms with van der Waals surface area (Å²) < 4.78 is 1.91. The zero-order valence-corrected chi connectivity index (χ0v) is 9.84. The molecule has 0 radical (unpaired) electrons. The van der Waals surface area contributed by atoms with Crippen LogP contribution in [0.15, 0.2) is 6.20 Å². The van der Waals surface area contributed by atoms with Crippen molar-refractivity contribution in [1.29, 1.82) is 0 Å². The van der Waals surface area contributed by atoms with Crippen molar-refractivity contribution in [2.24, 2.45) is 0 Å². The summed E-state index contributed by atoms with van der Waals surface area (Å²) in [5.41, 5.74) is 0.660. The number of piperidine rings is 1. The molecule has 5 nitrogen and oxygen atoms in total. The summed E-state index contributed by atoms with van der Waals surface area (Å²) in [6.07, 6.45) is 5.44. The SMILES string of the molecule is CCCN1CCCC(n2cc(CO)nn2)C1. The molecule has 1 aliphatic heterocycles. The van der Waals surface area contributed by atoms with Crippen LogP contribution in [0.25, 0.3) is 0 Å². The summed E-state index contributed by atoms with van der Waals surface area (Å²) in [4.78, 5) is 2.48. The van der Waals surface area contributed by atoms with Gasteiger partial charge in [0.2, 0.25) is 0 Å². The lowest BCUT2D eigenvalue weighted by Gasteiger charge is -2.32. The molecular formula is C11H20N4O. The molecule has 1 aromatic rings. The average molecular weight is 224 g/mol. The Bertz CT molecular complexity index is 324. The van der Waals surface area contributed by atoms with Crippen LogP contribution < -0.4 is 0 Å². The Balaban J connectivity index is 1.98. The van der Waals surface area contributed by atoms with Crippen molar-refractivity contribution in [3.8, 4) is 0 Å². The molecule has 2 rings (SSSR count). The van der Waals surface area contributed by atoms with Crippen LogP contribution in [0.4, 0.5) is 0 Å². The van der Waals surface area contributed by atoms with Gasteiger partial charge in [-0.15, -0.1) is 5.10 Å². The standard InChI is InChI=1S/C11H20N4O/c1-2-5-14-6-3-4-11(8-14)15-7-10(9-16)12-13-15/h7,11,16H,2-6,8-9H2,1H3. The van der Waals surface area contributed by atoms with Crippen molar-refractivity contribution >= 4 is 0 Å². The summed E-state index contributed by atoms with van der Waals surface area (Å²) in [6.45, 7) is 5.61. The minimum atomic E-state index is -0.0224. The molecule has 1 fully saturated rings. The molecule has 0 aliphatic carbocycles. The van der Waals surface area contributed by atoms with Gasteiger partial charge < -0.3 is 10.0 Å². The van der Waals surface area contributed by atoms with E-state index in [4.69, 9.17) is 5.11 Å². The van der Waals surface area contributed by atoms with E-state index in [9.17, 15) is 0 Å². The first-order chi connectivity index (χ1) is 7.83. The first-order valence-corrected chi connectivity index (χ1v) is 6.07. The molecule has 0 bridgehead atoms. The zero-order chi connectivity index (χ0) is 11.4. The van der Waals surface area contributed by atoms with Crippen LogP contribution in [-0.2, 0) is 6.61 Å². The number of hydrogen-bond acceptors (Lipinski definition) is 4. The highest BCUT2D eigenvalue weighted by molar-refractivity contribution is 4.91. The molecule has 2 heterocycles.